The summed E-state index contributed by atoms with van der Waals surface area (Å²) in [6.07, 6.45) is 8.47. The van der Waals surface area contributed by atoms with E-state index in [4.69, 9.17) is 15.5 Å². The van der Waals surface area contributed by atoms with Gasteiger partial charge in [-0.1, -0.05) is 118 Å². The summed E-state index contributed by atoms with van der Waals surface area (Å²) in [7, 11) is 1.93. The van der Waals surface area contributed by atoms with Crippen LogP contribution in [0.5, 0.6) is 0 Å². The van der Waals surface area contributed by atoms with Gasteiger partial charge in [0.2, 0.25) is 35.4 Å². The Kier molecular flexibility index (Phi) is 34.3. The number of rotatable bonds is 41. The zero-order valence-corrected chi connectivity index (χ0v) is 60.9. The number of aromatic nitrogens is 1. The SMILES string of the molecule is CCCCCCN(C(=O)[C@@H](NC(=O)[C@H]1CCCCN1C)[C@H](C)CC)[C@H](C[C@@H](OC(C)=O)c1nc(C(=O)N[C@@H](Cc2ccc(F)cc2)C[C@H](C)C(=O)N(Cc2ccc(NC(=O)[C@H](CCCNC(N)=O)NC(=O)[C@@H](NC(=O)CCCCCN3C(=O)C=CC3=O)C(C)C)cc2)NC(=O)O)cs1)C(C)C. The van der Waals surface area contributed by atoms with Crippen LogP contribution in [-0.2, 0) is 60.9 Å². The molecule has 12 amide bonds. The lowest BCUT2D eigenvalue weighted by atomic mass is 9.91. The van der Waals surface area contributed by atoms with Crippen molar-refractivity contribution >= 4 is 88.3 Å². The van der Waals surface area contributed by atoms with Crippen LogP contribution in [0.15, 0.2) is 66.1 Å². The van der Waals surface area contributed by atoms with Crippen molar-refractivity contribution in [2.45, 2.75) is 220 Å². The van der Waals surface area contributed by atoms with Crippen LogP contribution in [0.3, 0.4) is 0 Å². The number of piperidine rings is 1. The molecule has 27 nitrogen and oxygen atoms in total. The highest BCUT2D eigenvalue weighted by molar-refractivity contribution is 7.09. The van der Waals surface area contributed by atoms with Gasteiger partial charge < -0.3 is 52.4 Å². The van der Waals surface area contributed by atoms with E-state index in [-0.39, 0.29) is 111 Å². The molecule has 9 atom stereocenters. The van der Waals surface area contributed by atoms with Gasteiger partial charge >= 0.3 is 18.1 Å². The molecule has 0 radical (unpaired) electrons. The van der Waals surface area contributed by atoms with Crippen LogP contribution in [-0.4, -0.2) is 171 Å². The summed E-state index contributed by atoms with van der Waals surface area (Å²) >= 11 is 1.09. The zero-order chi connectivity index (χ0) is 74.5. The normalized spacial score (nSPS) is 16.2. The molecule has 0 unspecified atom stereocenters. The summed E-state index contributed by atoms with van der Waals surface area (Å²) in [6.45, 7) is 17.5. The maximum absolute atomic E-state index is 15.1. The van der Waals surface area contributed by atoms with Gasteiger partial charge in [0, 0.05) is 80.6 Å². The van der Waals surface area contributed by atoms with Gasteiger partial charge in [-0.25, -0.2) is 29.4 Å². The Morgan fingerprint density at radius 3 is 2.06 bits per heavy atom. The first kappa shape index (κ1) is 82.8. The van der Waals surface area contributed by atoms with E-state index in [1.807, 2.05) is 44.5 Å². The minimum absolute atomic E-state index is 0.0340. The second-order valence-corrected chi connectivity index (χ2v) is 28.0. The summed E-state index contributed by atoms with van der Waals surface area (Å²) in [5.41, 5.74) is 8.67. The van der Waals surface area contributed by atoms with Gasteiger partial charge in [-0.2, -0.15) is 0 Å². The average molecular weight is 1430 g/mol. The molecular weight excluding hydrogens is 1320 g/mol. The lowest BCUT2D eigenvalue weighted by Crippen LogP contribution is -2.59. The topological polar surface area (TPSA) is 370 Å². The van der Waals surface area contributed by atoms with Crippen LogP contribution < -0.4 is 43.1 Å². The number of hydrogen-bond donors (Lipinski definition) is 9. The molecule has 556 valence electrons. The van der Waals surface area contributed by atoms with Crippen LogP contribution >= 0.6 is 11.3 Å². The number of urea groups is 1. The van der Waals surface area contributed by atoms with Crippen molar-refractivity contribution in [2.75, 3.05) is 38.5 Å². The number of benzene rings is 2. The number of halogens is 1. The number of likely N-dealkylation sites (N-methyl/N-ethyl adjacent to an activating group) is 1. The fourth-order valence-corrected chi connectivity index (χ4v) is 13.2. The quantitative estimate of drug-likeness (QED) is 0.0113. The highest BCUT2D eigenvalue weighted by atomic mass is 32.1. The van der Waals surface area contributed by atoms with Crippen LogP contribution in [0.25, 0.3) is 0 Å². The molecule has 2 aliphatic heterocycles. The number of anilines is 1. The number of carbonyl (C=O) groups is 12. The Labute approximate surface area is 596 Å². The van der Waals surface area contributed by atoms with Crippen molar-refractivity contribution in [1.82, 2.24) is 56.7 Å². The number of esters is 1. The van der Waals surface area contributed by atoms with Gasteiger partial charge in [0.15, 0.2) is 6.10 Å². The number of carboxylic acid groups (broad SMARTS) is 1. The molecule has 29 heteroatoms. The standard InChI is InChI=1S/C72H106FN13O14S/c1-11-13-14-18-37-84(70(96)63(46(7)12-2)81-66(93)56-23-17-20-36-83(56)10)57(44(3)4)41-58(100-48(9)87)68-79-55(43-101-68)65(92)77-53(40-49-25-29-51(73)30-26-49)39-47(8)69(95)86(82-72(98)99)42-50-27-31-52(32-28-50)76-64(91)54(22-21-35-75-71(74)97)78-67(94)62(45(5)6)80-59(88)24-16-15-19-38-85-60(89)33-34-61(85)90/h25-34,43-47,53-54,56-58,62-63,82H,11-24,35-42H2,1-10H3,(H,76,91)(H,77,92)(H,78,94)(H,80,88)(H,81,93)(H,98,99)(H3,74,75,97)/t46-,47+,53-,54+,56-,57-,58-,62+,63+/m1/s1. The number of unbranched alkanes of at least 4 members (excludes halogenated alkanes) is 5. The maximum atomic E-state index is 15.1. The molecule has 2 aromatic carbocycles. The molecule has 0 saturated carbocycles. The lowest BCUT2D eigenvalue weighted by Gasteiger charge is -2.40. The number of hydrogen-bond acceptors (Lipinski definition) is 16. The summed E-state index contributed by atoms with van der Waals surface area (Å²) in [5, 5.41) is 29.6. The molecule has 0 aliphatic carbocycles. The van der Waals surface area contributed by atoms with E-state index >= 15 is 4.79 Å². The number of nitrogens with two attached hydrogens (primary N) is 1. The van der Waals surface area contributed by atoms with Crippen molar-refractivity contribution in [3.63, 3.8) is 0 Å². The van der Waals surface area contributed by atoms with Gasteiger partial charge in [0.05, 0.1) is 12.6 Å². The molecule has 3 aromatic rings. The van der Waals surface area contributed by atoms with E-state index in [2.05, 4.69) is 44.3 Å². The number of primary amides is 1. The predicted octanol–water partition coefficient (Wildman–Crippen LogP) is 7.80. The number of carbonyl (C=O) groups excluding carboxylic acids is 11. The first-order chi connectivity index (χ1) is 48.0. The Morgan fingerprint density at radius 1 is 0.772 bits per heavy atom. The van der Waals surface area contributed by atoms with Crippen molar-refractivity contribution in [1.29, 1.82) is 0 Å². The molecule has 3 heterocycles. The van der Waals surface area contributed by atoms with Gasteiger partial charge in [0.25, 0.3) is 17.7 Å². The average Bonchev–Trinajstić information content (AvgIpc) is 1.36. The Bertz CT molecular complexity index is 3300. The summed E-state index contributed by atoms with van der Waals surface area (Å²) in [6, 6.07) is 6.18. The van der Waals surface area contributed by atoms with Gasteiger partial charge in [-0.05, 0) is 125 Å². The number of nitrogens with zero attached hydrogens (tertiary/aromatic N) is 5. The number of hydrazine groups is 1. The molecular formula is C72H106FN13O14S. The first-order valence-corrected chi connectivity index (χ1v) is 36.2. The zero-order valence-electron chi connectivity index (χ0n) is 60.1. The number of likely N-dealkylation sites (tertiary alicyclic amines) is 1. The van der Waals surface area contributed by atoms with Crippen LogP contribution in [0.2, 0.25) is 0 Å². The Morgan fingerprint density at radius 2 is 1.45 bits per heavy atom. The minimum atomic E-state index is -1.55. The van der Waals surface area contributed by atoms with E-state index < -0.39 is 102 Å². The van der Waals surface area contributed by atoms with E-state index in [9.17, 15) is 62.2 Å². The molecule has 101 heavy (non-hydrogen) atoms. The van der Waals surface area contributed by atoms with Crippen LogP contribution in [0.4, 0.5) is 19.7 Å². The van der Waals surface area contributed by atoms with E-state index in [1.165, 1.54) is 60.9 Å². The highest BCUT2D eigenvalue weighted by Crippen LogP contribution is 2.33. The fourth-order valence-electron chi connectivity index (χ4n) is 12.3. The molecule has 0 spiro atoms. The van der Waals surface area contributed by atoms with Crippen LogP contribution in [0.1, 0.15) is 198 Å². The van der Waals surface area contributed by atoms with Gasteiger partial charge in [-0.15, -0.1) is 11.3 Å². The molecule has 0 bridgehead atoms. The van der Waals surface area contributed by atoms with E-state index in [0.29, 0.717) is 61.2 Å². The molecule has 1 saturated heterocycles. The highest BCUT2D eigenvalue weighted by Gasteiger charge is 2.40. The summed E-state index contributed by atoms with van der Waals surface area (Å²) < 4.78 is 20.2. The third-order valence-electron chi connectivity index (χ3n) is 18.3. The van der Waals surface area contributed by atoms with Crippen molar-refractivity contribution in [3.8, 4) is 0 Å². The first-order valence-electron chi connectivity index (χ1n) is 35.4. The van der Waals surface area contributed by atoms with Gasteiger partial charge in [-0.3, -0.25) is 57.7 Å². The number of imide groups is 1. The molecule has 10 N–H and O–H groups in total. The lowest BCUT2D eigenvalue weighted by molar-refractivity contribution is -0.150. The second-order valence-electron chi connectivity index (χ2n) is 27.1. The Hall–Kier alpha value is -8.86. The fraction of sp³-hybridized carbons (Fsp3) is 0.597. The number of thiazole rings is 1. The third kappa shape index (κ3) is 27.2. The Balaban J connectivity index is 1.30. The molecule has 1 fully saturated rings. The van der Waals surface area contributed by atoms with Crippen molar-refractivity contribution < 1.29 is 71.8 Å². The van der Waals surface area contributed by atoms with E-state index in [0.717, 1.165) is 59.9 Å². The van der Waals surface area contributed by atoms with Crippen LogP contribution in [0, 0.1) is 29.5 Å². The smallest absolute Gasteiger partial charge is 0.423 e. The molecule has 5 rings (SSSR count). The number of amides is 12. The predicted molar refractivity (Wildman–Crippen MR) is 379 cm³/mol. The van der Waals surface area contributed by atoms with Gasteiger partial charge in [0.1, 0.15) is 34.6 Å². The minimum Gasteiger partial charge on any atom is -0.464 e. The third-order valence-corrected chi connectivity index (χ3v) is 19.2. The van der Waals surface area contributed by atoms with Crippen molar-refractivity contribution in [3.05, 3.63) is 93.7 Å². The summed E-state index contributed by atoms with van der Waals surface area (Å²) in [4.78, 5) is 169. The maximum Gasteiger partial charge on any atom is 0.423 e. The van der Waals surface area contributed by atoms with Crippen molar-refractivity contribution in [2.24, 2.45) is 29.4 Å². The second kappa shape index (κ2) is 41.8. The molecule has 1 aromatic heterocycles. The number of ether oxygens (including phenoxy) is 1. The molecule has 2 aliphatic rings. The largest absolute Gasteiger partial charge is 0.464 e. The summed E-state index contributed by atoms with van der Waals surface area (Å²) in [5.74, 6) is -7.09. The number of nitrogens with one attached hydrogen (secondary N) is 7. The van der Waals surface area contributed by atoms with E-state index in [1.54, 1.807) is 32.9 Å². The monoisotopic (exact) mass is 1430 g/mol.